The fraction of sp³-hybridized carbons (Fsp3) is 0.368. The van der Waals surface area contributed by atoms with E-state index in [1.54, 1.807) is 16.8 Å². The third-order valence-electron chi connectivity index (χ3n) is 4.53. The van der Waals surface area contributed by atoms with Crippen molar-refractivity contribution >= 4 is 22.6 Å². The minimum absolute atomic E-state index is 0.00160. The van der Waals surface area contributed by atoms with Crippen LogP contribution in [0.5, 0.6) is 0 Å². The number of non-ortho nitro benzene ring substituents is 1. The zero-order valence-electron chi connectivity index (χ0n) is 16.1. The van der Waals surface area contributed by atoms with Crippen molar-refractivity contribution in [3.05, 3.63) is 62.8 Å². The molecule has 3 aromatic rings. The van der Waals surface area contributed by atoms with E-state index in [1.165, 1.54) is 29.2 Å². The van der Waals surface area contributed by atoms with E-state index < -0.39 is 4.92 Å². The van der Waals surface area contributed by atoms with Crippen molar-refractivity contribution in [3.63, 3.8) is 0 Å². The number of fused-ring (bicyclic) bond motifs is 1. The molecule has 1 aromatic carbocycles. The highest BCUT2D eigenvalue weighted by Crippen LogP contribution is 2.13. The van der Waals surface area contributed by atoms with Gasteiger partial charge in [0.15, 0.2) is 5.65 Å². The summed E-state index contributed by atoms with van der Waals surface area (Å²) in [5.41, 5.74) is 0.961. The van der Waals surface area contributed by atoms with Gasteiger partial charge in [-0.3, -0.25) is 24.3 Å². The normalized spacial score (nSPS) is 10.9. The van der Waals surface area contributed by atoms with Crippen LogP contribution in [0.2, 0.25) is 0 Å². The Hall–Kier alpha value is -3.56. The minimum Gasteiger partial charge on any atom is -0.354 e. The van der Waals surface area contributed by atoms with Crippen LogP contribution in [0.1, 0.15) is 31.7 Å². The number of aromatic nitrogens is 4. The molecule has 10 nitrogen and oxygen atoms in total. The molecule has 2 heterocycles. The fourth-order valence-corrected chi connectivity index (χ4v) is 2.92. The molecular weight excluding hydrogens is 376 g/mol. The lowest BCUT2D eigenvalue weighted by molar-refractivity contribution is -0.384. The number of hydrogen-bond acceptors (Lipinski definition) is 6. The van der Waals surface area contributed by atoms with Crippen LogP contribution in [-0.2, 0) is 17.9 Å². The van der Waals surface area contributed by atoms with Gasteiger partial charge in [-0.2, -0.15) is 5.10 Å². The Labute approximate surface area is 166 Å². The van der Waals surface area contributed by atoms with Crippen LogP contribution in [0.15, 0.2) is 41.6 Å². The van der Waals surface area contributed by atoms with Crippen molar-refractivity contribution in [2.45, 2.75) is 39.3 Å². The van der Waals surface area contributed by atoms with Gasteiger partial charge in [0.2, 0.25) is 5.91 Å². The van der Waals surface area contributed by atoms with Gasteiger partial charge in [0.25, 0.3) is 11.2 Å². The molecule has 0 unspecified atom stereocenters. The van der Waals surface area contributed by atoms with E-state index in [0.29, 0.717) is 30.5 Å². The van der Waals surface area contributed by atoms with E-state index >= 15 is 0 Å². The highest BCUT2D eigenvalue weighted by atomic mass is 16.6. The largest absolute Gasteiger partial charge is 0.354 e. The van der Waals surface area contributed by atoms with Crippen molar-refractivity contribution in [2.24, 2.45) is 0 Å². The Morgan fingerprint density at radius 1 is 1.28 bits per heavy atom. The first kappa shape index (κ1) is 20.2. The van der Waals surface area contributed by atoms with Gasteiger partial charge in [-0.25, -0.2) is 9.67 Å². The van der Waals surface area contributed by atoms with Crippen LogP contribution in [0, 0.1) is 10.1 Å². The lowest BCUT2D eigenvalue weighted by atomic mass is 10.2. The van der Waals surface area contributed by atoms with E-state index in [2.05, 4.69) is 15.4 Å². The molecule has 10 heteroatoms. The number of hydrogen-bond donors (Lipinski definition) is 1. The quantitative estimate of drug-likeness (QED) is 0.433. The van der Waals surface area contributed by atoms with Gasteiger partial charge in [-0.05, 0) is 12.0 Å². The van der Waals surface area contributed by atoms with Crippen LogP contribution in [0.3, 0.4) is 0 Å². The molecule has 0 aliphatic heterocycles. The number of nitrogens with zero attached hydrogens (tertiary/aromatic N) is 5. The first-order chi connectivity index (χ1) is 14.0. The van der Waals surface area contributed by atoms with Crippen LogP contribution in [0.4, 0.5) is 5.69 Å². The summed E-state index contributed by atoms with van der Waals surface area (Å²) in [4.78, 5) is 39.0. The Morgan fingerprint density at radius 2 is 2.03 bits per heavy atom. The first-order valence-electron chi connectivity index (χ1n) is 9.40. The number of nitro groups is 1. The zero-order chi connectivity index (χ0) is 20.8. The lowest BCUT2D eigenvalue weighted by Crippen LogP contribution is -2.27. The summed E-state index contributed by atoms with van der Waals surface area (Å²) in [7, 11) is 0. The SMILES string of the molecule is CCCCC(=O)NCCn1ncc2c(=O)n(Cc3ccc([N+](=O)[O-])cc3)cnc21. The summed E-state index contributed by atoms with van der Waals surface area (Å²) in [6.07, 6.45) is 5.22. The van der Waals surface area contributed by atoms with E-state index in [9.17, 15) is 19.7 Å². The van der Waals surface area contributed by atoms with Gasteiger partial charge in [0.05, 0.1) is 24.2 Å². The standard InChI is InChI=1S/C19H22N6O4/c1-2-3-4-17(26)20-9-10-24-18-16(11-22-24)19(27)23(13-21-18)12-14-5-7-15(8-6-14)25(28)29/h5-8,11,13H,2-4,9-10,12H2,1H3,(H,20,26). The van der Waals surface area contributed by atoms with E-state index in [0.717, 1.165) is 18.4 Å². The molecule has 1 amide bonds. The third kappa shape index (κ3) is 4.84. The van der Waals surface area contributed by atoms with Crippen molar-refractivity contribution in [1.29, 1.82) is 0 Å². The van der Waals surface area contributed by atoms with E-state index in [1.807, 2.05) is 6.92 Å². The average Bonchev–Trinajstić information content (AvgIpc) is 3.12. The van der Waals surface area contributed by atoms with Crippen LogP contribution in [0.25, 0.3) is 11.0 Å². The van der Waals surface area contributed by atoms with Gasteiger partial charge in [0.1, 0.15) is 11.7 Å². The van der Waals surface area contributed by atoms with E-state index in [4.69, 9.17) is 0 Å². The Morgan fingerprint density at radius 3 is 2.72 bits per heavy atom. The van der Waals surface area contributed by atoms with Gasteiger partial charge < -0.3 is 5.32 Å². The minimum atomic E-state index is -0.468. The maximum absolute atomic E-state index is 12.7. The zero-order valence-corrected chi connectivity index (χ0v) is 16.1. The summed E-state index contributed by atoms with van der Waals surface area (Å²) in [5.74, 6) is 0.00160. The fourth-order valence-electron chi connectivity index (χ4n) is 2.92. The number of nitrogens with one attached hydrogen (secondary N) is 1. The first-order valence-corrected chi connectivity index (χ1v) is 9.40. The number of unbranched alkanes of at least 4 members (excludes halogenated alkanes) is 1. The Balaban J connectivity index is 1.70. The number of carbonyl (C=O) groups excluding carboxylic acids is 1. The molecule has 0 spiro atoms. The number of amides is 1. The Bertz CT molecular complexity index is 1070. The molecule has 1 N–H and O–H groups in total. The molecule has 0 saturated carbocycles. The highest BCUT2D eigenvalue weighted by Gasteiger charge is 2.11. The highest BCUT2D eigenvalue weighted by molar-refractivity contribution is 5.76. The molecule has 0 bridgehead atoms. The molecule has 0 atom stereocenters. The average molecular weight is 398 g/mol. The van der Waals surface area contributed by atoms with Gasteiger partial charge in [-0.15, -0.1) is 0 Å². The molecule has 0 saturated heterocycles. The van der Waals surface area contributed by atoms with Crippen molar-refractivity contribution in [3.8, 4) is 0 Å². The molecule has 0 fully saturated rings. The van der Waals surface area contributed by atoms with E-state index in [-0.39, 0.29) is 23.7 Å². The van der Waals surface area contributed by atoms with Gasteiger partial charge in [-0.1, -0.05) is 25.5 Å². The molecule has 152 valence electrons. The number of rotatable bonds is 9. The Kier molecular flexibility index (Phi) is 6.32. The van der Waals surface area contributed by atoms with Gasteiger partial charge >= 0.3 is 0 Å². The van der Waals surface area contributed by atoms with Crippen LogP contribution >= 0.6 is 0 Å². The summed E-state index contributed by atoms with van der Waals surface area (Å²) in [5, 5.41) is 18.2. The predicted molar refractivity (Wildman–Crippen MR) is 107 cm³/mol. The van der Waals surface area contributed by atoms with Gasteiger partial charge in [0, 0.05) is 25.1 Å². The molecule has 2 aromatic heterocycles. The second-order valence-electron chi connectivity index (χ2n) is 6.66. The molecule has 0 radical (unpaired) electrons. The number of nitro benzene ring substituents is 1. The third-order valence-corrected chi connectivity index (χ3v) is 4.53. The maximum atomic E-state index is 12.7. The summed E-state index contributed by atoms with van der Waals surface area (Å²) < 4.78 is 3.02. The maximum Gasteiger partial charge on any atom is 0.269 e. The number of benzene rings is 1. The second-order valence-corrected chi connectivity index (χ2v) is 6.66. The second kappa shape index (κ2) is 9.09. The molecule has 29 heavy (non-hydrogen) atoms. The van der Waals surface area contributed by atoms with Crippen molar-refractivity contribution in [1.82, 2.24) is 24.6 Å². The number of carbonyl (C=O) groups is 1. The van der Waals surface area contributed by atoms with Crippen LogP contribution < -0.4 is 10.9 Å². The van der Waals surface area contributed by atoms with Crippen molar-refractivity contribution in [2.75, 3.05) is 6.54 Å². The molecular formula is C19H22N6O4. The summed E-state index contributed by atoms with van der Waals surface area (Å²) in [6, 6.07) is 6.02. The summed E-state index contributed by atoms with van der Waals surface area (Å²) >= 11 is 0. The smallest absolute Gasteiger partial charge is 0.269 e. The van der Waals surface area contributed by atoms with Crippen molar-refractivity contribution < 1.29 is 9.72 Å². The topological polar surface area (TPSA) is 125 Å². The molecule has 0 aliphatic carbocycles. The van der Waals surface area contributed by atoms with Crippen LogP contribution in [-0.4, -0.2) is 36.7 Å². The predicted octanol–water partition coefficient (Wildman–Crippen LogP) is 1.86. The monoisotopic (exact) mass is 398 g/mol. The molecule has 0 aliphatic rings. The lowest BCUT2D eigenvalue weighted by Gasteiger charge is -2.07. The summed E-state index contributed by atoms with van der Waals surface area (Å²) in [6.45, 7) is 3.11. The molecule has 3 rings (SSSR count).